The number of carbonyl (C=O) groups excluding carboxylic acids is 2. The van der Waals surface area contributed by atoms with Gasteiger partial charge in [-0.1, -0.05) is 0 Å². The van der Waals surface area contributed by atoms with Crippen LogP contribution in [0, 0.1) is 0 Å². The van der Waals surface area contributed by atoms with Gasteiger partial charge in [-0.2, -0.15) is 13.2 Å². The van der Waals surface area contributed by atoms with Gasteiger partial charge in [-0.15, -0.1) is 11.3 Å². The van der Waals surface area contributed by atoms with Gasteiger partial charge in [0.05, 0.1) is 4.88 Å². The van der Waals surface area contributed by atoms with E-state index >= 15 is 0 Å². The van der Waals surface area contributed by atoms with Gasteiger partial charge in [0.1, 0.15) is 18.1 Å². The summed E-state index contributed by atoms with van der Waals surface area (Å²) in [5.41, 5.74) is -0.941. The van der Waals surface area contributed by atoms with Crippen LogP contribution < -0.4 is 10.6 Å². The van der Waals surface area contributed by atoms with Gasteiger partial charge in [0, 0.05) is 49.2 Å². The second-order valence-electron chi connectivity index (χ2n) is 8.97. The summed E-state index contributed by atoms with van der Waals surface area (Å²) < 4.78 is 71.1. The van der Waals surface area contributed by atoms with Gasteiger partial charge in [0.2, 0.25) is 0 Å². The van der Waals surface area contributed by atoms with Crippen LogP contribution in [0.2, 0.25) is 0 Å². The molecule has 0 aromatic carbocycles. The van der Waals surface area contributed by atoms with E-state index in [1.54, 1.807) is 4.90 Å². The van der Waals surface area contributed by atoms with Crippen molar-refractivity contribution in [1.29, 1.82) is 0 Å². The Bertz CT molecular complexity index is 1140. The number of likely N-dealkylation sites (tertiary alicyclic amines) is 1. The molecule has 2 aromatic rings. The molecule has 1 atom stereocenters. The quantitative estimate of drug-likeness (QED) is 0.490. The molecule has 2 aliphatic rings. The number of carbonyl (C=O) groups is 2. The van der Waals surface area contributed by atoms with Crippen molar-refractivity contribution >= 4 is 29.0 Å². The molecular formula is C23H26F5N5O3S. The molecule has 4 heterocycles. The number of amides is 2. The van der Waals surface area contributed by atoms with E-state index in [9.17, 15) is 31.5 Å². The zero-order valence-electron chi connectivity index (χ0n) is 19.9. The van der Waals surface area contributed by atoms with E-state index in [0.29, 0.717) is 32.6 Å². The SMILES string of the molecule is CC1CCCN1C(=O)c1nc(C(=O)NC2CCOCC2)sc1-c1cnc(NCC(F)(F)F)cc1C(F)F. The van der Waals surface area contributed by atoms with Crippen LogP contribution in [0.5, 0.6) is 0 Å². The molecule has 2 saturated heterocycles. The van der Waals surface area contributed by atoms with Crippen LogP contribution in [0.1, 0.15) is 64.9 Å². The summed E-state index contributed by atoms with van der Waals surface area (Å²) in [7, 11) is 0. The summed E-state index contributed by atoms with van der Waals surface area (Å²) in [5, 5.41) is 4.76. The van der Waals surface area contributed by atoms with Crippen LogP contribution in [-0.4, -0.2) is 71.2 Å². The molecule has 202 valence electrons. The molecular weight excluding hydrogens is 521 g/mol. The third-order valence-corrected chi connectivity index (χ3v) is 7.37. The molecule has 0 saturated carbocycles. The molecule has 0 spiro atoms. The number of hydrogen-bond donors (Lipinski definition) is 2. The fourth-order valence-electron chi connectivity index (χ4n) is 4.33. The number of halogens is 5. The van der Waals surface area contributed by atoms with Crippen molar-refractivity contribution in [3.8, 4) is 10.4 Å². The third-order valence-electron chi connectivity index (χ3n) is 6.28. The lowest BCUT2D eigenvalue weighted by atomic mass is 10.1. The molecule has 4 rings (SSSR count). The second-order valence-corrected chi connectivity index (χ2v) is 9.97. The first kappa shape index (κ1) is 27.2. The standard InChI is InChI=1S/C23H26F5N5O3S/c1-12-3-2-6-33(12)22(35)17-18(37-21(32-17)20(34)31-13-4-7-36-8-5-13)15-10-29-16(9-14(15)19(24)25)30-11-23(26,27)28/h9-10,12-13,19H,2-8,11H2,1H3,(H,29,30)(H,31,34). The fourth-order valence-corrected chi connectivity index (χ4v) is 5.33. The Morgan fingerprint density at radius 3 is 2.59 bits per heavy atom. The molecule has 2 aliphatic heterocycles. The number of anilines is 1. The van der Waals surface area contributed by atoms with E-state index in [0.717, 1.165) is 36.4 Å². The summed E-state index contributed by atoms with van der Waals surface area (Å²) >= 11 is 0.777. The van der Waals surface area contributed by atoms with Crippen LogP contribution in [0.4, 0.5) is 27.8 Å². The van der Waals surface area contributed by atoms with E-state index < -0.39 is 36.5 Å². The first-order valence-electron chi connectivity index (χ1n) is 11.8. The number of nitrogens with zero attached hydrogens (tertiary/aromatic N) is 3. The molecule has 2 N–H and O–H groups in total. The van der Waals surface area contributed by atoms with Crippen molar-refractivity contribution in [3.05, 3.63) is 28.5 Å². The minimum atomic E-state index is -4.57. The van der Waals surface area contributed by atoms with E-state index in [1.807, 2.05) is 12.2 Å². The van der Waals surface area contributed by atoms with Crippen LogP contribution in [0.3, 0.4) is 0 Å². The highest BCUT2D eigenvalue weighted by atomic mass is 32.1. The average molecular weight is 548 g/mol. The molecule has 14 heteroatoms. The molecule has 8 nitrogen and oxygen atoms in total. The van der Waals surface area contributed by atoms with Crippen LogP contribution in [-0.2, 0) is 4.74 Å². The highest BCUT2D eigenvalue weighted by molar-refractivity contribution is 7.17. The van der Waals surface area contributed by atoms with Gasteiger partial charge in [0.15, 0.2) is 5.01 Å². The Kier molecular flexibility index (Phi) is 8.26. The lowest BCUT2D eigenvalue weighted by molar-refractivity contribution is -0.115. The maximum Gasteiger partial charge on any atom is 0.405 e. The Hall–Kier alpha value is -2.87. The summed E-state index contributed by atoms with van der Waals surface area (Å²) in [6.45, 7) is 1.85. The molecule has 2 amide bonds. The summed E-state index contributed by atoms with van der Waals surface area (Å²) in [5.74, 6) is -1.43. The van der Waals surface area contributed by atoms with Crippen LogP contribution in [0.15, 0.2) is 12.3 Å². The number of nitrogens with one attached hydrogen (secondary N) is 2. The van der Waals surface area contributed by atoms with Crippen molar-refractivity contribution in [2.45, 2.75) is 57.3 Å². The van der Waals surface area contributed by atoms with E-state index in [4.69, 9.17) is 4.74 Å². The normalized spacial score (nSPS) is 18.9. The van der Waals surface area contributed by atoms with Gasteiger partial charge >= 0.3 is 6.18 Å². The zero-order valence-corrected chi connectivity index (χ0v) is 20.7. The molecule has 1 unspecified atom stereocenters. The number of pyridine rings is 1. The smallest absolute Gasteiger partial charge is 0.381 e. The highest BCUT2D eigenvalue weighted by Gasteiger charge is 2.33. The Balaban J connectivity index is 1.71. The van der Waals surface area contributed by atoms with E-state index in [1.165, 1.54) is 0 Å². The van der Waals surface area contributed by atoms with Gasteiger partial charge in [0.25, 0.3) is 18.2 Å². The van der Waals surface area contributed by atoms with Crippen molar-refractivity contribution in [1.82, 2.24) is 20.2 Å². The topological polar surface area (TPSA) is 96.5 Å². The molecule has 37 heavy (non-hydrogen) atoms. The largest absolute Gasteiger partial charge is 0.405 e. The number of hydrogen-bond acceptors (Lipinski definition) is 7. The van der Waals surface area contributed by atoms with Crippen molar-refractivity contribution in [2.24, 2.45) is 0 Å². The first-order chi connectivity index (χ1) is 17.5. The van der Waals surface area contributed by atoms with Gasteiger partial charge < -0.3 is 20.3 Å². The van der Waals surface area contributed by atoms with Crippen LogP contribution >= 0.6 is 11.3 Å². The van der Waals surface area contributed by atoms with Crippen molar-refractivity contribution in [2.75, 3.05) is 31.6 Å². The summed E-state index contributed by atoms with van der Waals surface area (Å²) in [4.78, 5) is 36.1. The summed E-state index contributed by atoms with van der Waals surface area (Å²) in [6, 6.07) is 0.576. The molecule has 0 bridgehead atoms. The number of alkyl halides is 5. The van der Waals surface area contributed by atoms with E-state index in [-0.39, 0.29) is 39.0 Å². The predicted molar refractivity (Wildman–Crippen MR) is 126 cm³/mol. The van der Waals surface area contributed by atoms with Gasteiger partial charge in [-0.3, -0.25) is 9.59 Å². The zero-order chi connectivity index (χ0) is 26.7. The minimum absolute atomic E-state index is 0.0198. The first-order valence-corrected chi connectivity index (χ1v) is 12.6. The number of aromatic nitrogens is 2. The molecule has 2 fully saturated rings. The van der Waals surface area contributed by atoms with Gasteiger partial charge in [-0.25, -0.2) is 18.7 Å². The molecule has 2 aromatic heterocycles. The second kappa shape index (κ2) is 11.3. The maximum absolute atomic E-state index is 14.1. The number of ether oxygens (including phenoxy) is 1. The summed E-state index contributed by atoms with van der Waals surface area (Å²) in [6.07, 6.45) is -3.92. The van der Waals surface area contributed by atoms with Crippen LogP contribution in [0.25, 0.3) is 10.4 Å². The fraction of sp³-hybridized carbons (Fsp3) is 0.565. The third kappa shape index (κ3) is 6.53. The monoisotopic (exact) mass is 547 g/mol. The minimum Gasteiger partial charge on any atom is -0.381 e. The maximum atomic E-state index is 14.1. The number of thiazole rings is 1. The predicted octanol–water partition coefficient (Wildman–Crippen LogP) is 4.65. The Morgan fingerprint density at radius 1 is 1.24 bits per heavy atom. The highest BCUT2D eigenvalue weighted by Crippen LogP contribution is 2.39. The van der Waals surface area contributed by atoms with Crippen molar-refractivity contribution in [3.63, 3.8) is 0 Å². The average Bonchev–Trinajstić information content (AvgIpc) is 3.49. The lowest BCUT2D eigenvalue weighted by Gasteiger charge is -2.22. The number of rotatable bonds is 7. The molecule has 0 aliphatic carbocycles. The lowest BCUT2D eigenvalue weighted by Crippen LogP contribution is -2.39. The van der Waals surface area contributed by atoms with Gasteiger partial charge in [-0.05, 0) is 38.7 Å². The molecule has 0 radical (unpaired) electrons. The Labute approximate surface area is 213 Å². The van der Waals surface area contributed by atoms with Crippen molar-refractivity contribution < 1.29 is 36.3 Å². The Morgan fingerprint density at radius 2 is 1.97 bits per heavy atom. The van der Waals surface area contributed by atoms with E-state index in [2.05, 4.69) is 15.3 Å².